The van der Waals surface area contributed by atoms with Crippen LogP contribution in [0.3, 0.4) is 0 Å². The summed E-state index contributed by atoms with van der Waals surface area (Å²) < 4.78 is 0.971. The number of carbonyl (C=O) groups excluding carboxylic acids is 1. The number of amides is 1. The quantitative estimate of drug-likeness (QED) is 0.624. The highest BCUT2D eigenvalue weighted by Gasteiger charge is 2.18. The average Bonchev–Trinajstić information content (AvgIpc) is 2.39. The van der Waals surface area contributed by atoms with Crippen LogP contribution < -0.4 is 16.4 Å². The Balaban J connectivity index is 2.54. The summed E-state index contributed by atoms with van der Waals surface area (Å²) in [5, 5.41) is 13.8. The molecular weight excluding hydrogens is 262 g/mol. The normalized spacial score (nSPS) is 11.3. The van der Waals surface area contributed by atoms with Crippen molar-refractivity contribution in [2.45, 2.75) is 33.2 Å². The Kier molecular flexibility index (Phi) is 5.69. The molecule has 3 N–H and O–H groups in total. The number of nitrogens with one attached hydrogen (secondary N) is 2. The van der Waals surface area contributed by atoms with Gasteiger partial charge in [0.05, 0.1) is 0 Å². The van der Waals surface area contributed by atoms with Crippen molar-refractivity contribution in [3.63, 3.8) is 0 Å². The molecular formula is C13H21N3O4. The van der Waals surface area contributed by atoms with Gasteiger partial charge in [0.25, 0.3) is 11.1 Å². The lowest BCUT2D eigenvalue weighted by atomic mass is 9.88. The zero-order chi connectivity index (χ0) is 15.2. The maximum Gasteiger partial charge on any atom is 0.265 e. The third kappa shape index (κ3) is 5.40. The first-order valence-electron chi connectivity index (χ1n) is 6.52. The van der Waals surface area contributed by atoms with Crippen molar-refractivity contribution >= 4 is 5.91 Å². The summed E-state index contributed by atoms with van der Waals surface area (Å²) in [6.07, 6.45) is 1.46. The van der Waals surface area contributed by atoms with Gasteiger partial charge in [0.2, 0.25) is 5.91 Å². The van der Waals surface area contributed by atoms with Crippen molar-refractivity contribution < 1.29 is 9.90 Å². The fourth-order valence-electron chi connectivity index (χ4n) is 1.76. The second-order valence-electron chi connectivity index (χ2n) is 5.50. The van der Waals surface area contributed by atoms with Crippen LogP contribution in [0, 0.1) is 5.41 Å². The first-order valence-corrected chi connectivity index (χ1v) is 6.52. The summed E-state index contributed by atoms with van der Waals surface area (Å²) in [6, 6.07) is 2.24. The Hall–Kier alpha value is -1.89. The van der Waals surface area contributed by atoms with E-state index >= 15 is 0 Å². The second kappa shape index (κ2) is 7.04. The summed E-state index contributed by atoms with van der Waals surface area (Å²) in [5.41, 5.74) is -0.993. The van der Waals surface area contributed by atoms with Gasteiger partial charge in [-0.2, -0.15) is 0 Å². The summed E-state index contributed by atoms with van der Waals surface area (Å²) >= 11 is 0. The van der Waals surface area contributed by atoms with E-state index in [9.17, 15) is 14.4 Å². The average molecular weight is 283 g/mol. The number of rotatable bonds is 7. The minimum Gasteiger partial charge on any atom is -0.396 e. The fourth-order valence-corrected chi connectivity index (χ4v) is 1.76. The maximum atomic E-state index is 11.8. The number of aliphatic hydroxyl groups excluding tert-OH is 1. The Labute approximate surface area is 116 Å². The minimum atomic E-state index is -0.431. The van der Waals surface area contributed by atoms with Crippen LogP contribution >= 0.6 is 0 Å². The molecule has 0 unspecified atom stereocenters. The van der Waals surface area contributed by atoms with E-state index in [0.29, 0.717) is 13.0 Å². The van der Waals surface area contributed by atoms with Crippen LogP contribution in [-0.4, -0.2) is 33.9 Å². The first-order chi connectivity index (χ1) is 9.34. The molecule has 0 aliphatic heterocycles. The van der Waals surface area contributed by atoms with E-state index in [4.69, 9.17) is 5.11 Å². The number of H-pyrrole nitrogens is 1. The zero-order valence-corrected chi connectivity index (χ0v) is 11.8. The van der Waals surface area contributed by atoms with E-state index in [0.717, 1.165) is 23.2 Å². The maximum absolute atomic E-state index is 11.8. The molecule has 1 aromatic rings. The van der Waals surface area contributed by atoms with E-state index in [1.54, 1.807) is 0 Å². The van der Waals surface area contributed by atoms with Crippen molar-refractivity contribution in [2.75, 3.05) is 13.2 Å². The number of aromatic amines is 1. The molecule has 7 nitrogen and oxygen atoms in total. The highest BCUT2D eigenvalue weighted by atomic mass is 16.3. The van der Waals surface area contributed by atoms with E-state index in [2.05, 4.69) is 10.4 Å². The Morgan fingerprint density at radius 2 is 2.10 bits per heavy atom. The molecule has 7 heteroatoms. The number of hydrogen-bond donors (Lipinski definition) is 3. The lowest BCUT2D eigenvalue weighted by Gasteiger charge is -2.24. The van der Waals surface area contributed by atoms with Gasteiger partial charge >= 0.3 is 0 Å². The molecule has 0 fully saturated rings. The van der Waals surface area contributed by atoms with Gasteiger partial charge in [-0.3, -0.25) is 19.5 Å². The highest BCUT2D eigenvalue weighted by Crippen LogP contribution is 2.20. The summed E-state index contributed by atoms with van der Waals surface area (Å²) in [7, 11) is 0. The van der Waals surface area contributed by atoms with E-state index < -0.39 is 11.1 Å². The van der Waals surface area contributed by atoms with Crippen molar-refractivity contribution in [1.82, 2.24) is 15.1 Å². The molecule has 0 radical (unpaired) electrons. The summed E-state index contributed by atoms with van der Waals surface area (Å²) in [6.45, 7) is 4.32. The van der Waals surface area contributed by atoms with Crippen LogP contribution in [0.25, 0.3) is 0 Å². The SMILES string of the molecule is CC(C)(CCCO)CNC(=O)Cn1[nH]c(=O)ccc1=O. The number of nitrogens with zero attached hydrogens (tertiary/aromatic N) is 1. The number of aliphatic hydroxyl groups is 1. The molecule has 20 heavy (non-hydrogen) atoms. The van der Waals surface area contributed by atoms with Gasteiger partial charge in [-0.25, -0.2) is 4.68 Å². The molecule has 0 saturated heterocycles. The molecule has 0 aliphatic rings. The number of hydrogen-bond acceptors (Lipinski definition) is 4. The summed E-state index contributed by atoms with van der Waals surface area (Å²) in [5.74, 6) is -0.342. The number of aromatic nitrogens is 2. The largest absolute Gasteiger partial charge is 0.396 e. The Morgan fingerprint density at radius 3 is 2.75 bits per heavy atom. The standard InChI is InChI=1S/C13H21N3O4/c1-13(2,6-3-7-17)9-14-11(19)8-16-12(20)5-4-10(18)15-16/h4-5,17H,3,6-9H2,1-2H3,(H,14,19)(H,15,18). The van der Waals surface area contributed by atoms with Crippen molar-refractivity contribution in [3.8, 4) is 0 Å². The lowest BCUT2D eigenvalue weighted by molar-refractivity contribution is -0.122. The molecule has 1 rings (SSSR count). The van der Waals surface area contributed by atoms with Crippen molar-refractivity contribution in [1.29, 1.82) is 0 Å². The minimum absolute atomic E-state index is 0.123. The molecule has 1 amide bonds. The third-order valence-corrected chi connectivity index (χ3v) is 2.97. The van der Waals surface area contributed by atoms with Gasteiger partial charge in [0, 0.05) is 25.3 Å². The van der Waals surface area contributed by atoms with Crippen LogP contribution in [0.4, 0.5) is 0 Å². The van der Waals surface area contributed by atoms with Gasteiger partial charge in [-0.15, -0.1) is 0 Å². The predicted molar refractivity (Wildman–Crippen MR) is 74.4 cm³/mol. The van der Waals surface area contributed by atoms with Gasteiger partial charge in [-0.1, -0.05) is 13.8 Å². The molecule has 0 atom stereocenters. The fraction of sp³-hybridized carbons (Fsp3) is 0.615. The highest BCUT2D eigenvalue weighted by molar-refractivity contribution is 5.75. The van der Waals surface area contributed by atoms with E-state index in [-0.39, 0.29) is 24.5 Å². The van der Waals surface area contributed by atoms with Crippen molar-refractivity contribution in [2.24, 2.45) is 5.41 Å². The van der Waals surface area contributed by atoms with E-state index in [1.807, 2.05) is 13.8 Å². The van der Waals surface area contributed by atoms with Crippen LogP contribution in [0.1, 0.15) is 26.7 Å². The molecule has 0 saturated carbocycles. The number of carbonyl (C=O) groups is 1. The molecule has 0 spiro atoms. The zero-order valence-electron chi connectivity index (χ0n) is 11.8. The van der Waals surface area contributed by atoms with Gasteiger partial charge in [0.15, 0.2) is 0 Å². The molecule has 0 bridgehead atoms. The smallest absolute Gasteiger partial charge is 0.265 e. The topological polar surface area (TPSA) is 104 Å². The van der Waals surface area contributed by atoms with Crippen LogP contribution in [0.15, 0.2) is 21.7 Å². The monoisotopic (exact) mass is 283 g/mol. The van der Waals surface area contributed by atoms with Gasteiger partial charge in [-0.05, 0) is 18.3 Å². The van der Waals surface area contributed by atoms with Crippen LogP contribution in [0.2, 0.25) is 0 Å². The molecule has 0 aromatic carbocycles. The molecule has 1 aromatic heterocycles. The van der Waals surface area contributed by atoms with Crippen LogP contribution in [0.5, 0.6) is 0 Å². The summed E-state index contributed by atoms with van der Waals surface area (Å²) in [4.78, 5) is 34.3. The molecule has 1 heterocycles. The van der Waals surface area contributed by atoms with Gasteiger partial charge in [0.1, 0.15) is 6.54 Å². The predicted octanol–water partition coefficient (Wildman–Crippen LogP) is -0.548. The van der Waals surface area contributed by atoms with Crippen molar-refractivity contribution in [3.05, 3.63) is 32.8 Å². The Bertz CT molecular complexity index is 559. The lowest BCUT2D eigenvalue weighted by Crippen LogP contribution is -2.39. The van der Waals surface area contributed by atoms with Crippen LogP contribution in [-0.2, 0) is 11.3 Å². The Morgan fingerprint density at radius 1 is 1.40 bits per heavy atom. The second-order valence-corrected chi connectivity index (χ2v) is 5.50. The third-order valence-electron chi connectivity index (χ3n) is 2.97. The van der Waals surface area contributed by atoms with Gasteiger partial charge < -0.3 is 10.4 Å². The van der Waals surface area contributed by atoms with E-state index in [1.165, 1.54) is 0 Å². The molecule has 0 aliphatic carbocycles. The first kappa shape index (κ1) is 16.2. The molecule has 112 valence electrons.